The number of sulfonamides is 1. The van der Waals surface area contributed by atoms with Crippen LogP contribution in [0.3, 0.4) is 0 Å². The molecule has 0 bridgehead atoms. The third-order valence-corrected chi connectivity index (χ3v) is 7.14. The predicted molar refractivity (Wildman–Crippen MR) is 119 cm³/mol. The maximum absolute atomic E-state index is 12.8. The second kappa shape index (κ2) is 9.40. The topological polar surface area (TPSA) is 84.3 Å². The fraction of sp³-hybridized carbons (Fsp3) is 0.364. The Morgan fingerprint density at radius 2 is 1.77 bits per heavy atom. The van der Waals surface area contributed by atoms with Crippen molar-refractivity contribution in [1.82, 2.24) is 13.9 Å². The van der Waals surface area contributed by atoms with Crippen molar-refractivity contribution < 1.29 is 13.2 Å². The Labute approximate surface area is 177 Å². The van der Waals surface area contributed by atoms with E-state index in [1.54, 1.807) is 18.2 Å². The lowest BCUT2D eigenvalue weighted by molar-refractivity contribution is -0.116. The highest BCUT2D eigenvalue weighted by Gasteiger charge is 2.23. The number of rotatable bonds is 9. The van der Waals surface area contributed by atoms with Crippen molar-refractivity contribution >= 4 is 32.7 Å². The number of imidazole rings is 1. The Balaban J connectivity index is 1.83. The molecule has 0 aliphatic rings. The minimum absolute atomic E-state index is 0.0827. The van der Waals surface area contributed by atoms with Gasteiger partial charge in [-0.2, -0.15) is 4.31 Å². The van der Waals surface area contributed by atoms with Gasteiger partial charge in [-0.1, -0.05) is 32.0 Å². The lowest BCUT2D eigenvalue weighted by Gasteiger charge is -2.18. The predicted octanol–water partition coefficient (Wildman–Crippen LogP) is 3.66. The molecule has 1 amide bonds. The molecular weight excluding hydrogens is 400 g/mol. The van der Waals surface area contributed by atoms with Gasteiger partial charge < -0.3 is 9.88 Å². The molecule has 8 heteroatoms. The number of aryl methyl sites for hydroxylation is 2. The highest BCUT2D eigenvalue weighted by Crippen LogP contribution is 2.23. The van der Waals surface area contributed by atoms with Crippen molar-refractivity contribution in [3.8, 4) is 0 Å². The first kappa shape index (κ1) is 22.0. The van der Waals surface area contributed by atoms with Gasteiger partial charge in [0, 0.05) is 38.2 Å². The fourth-order valence-corrected chi connectivity index (χ4v) is 5.03. The lowest BCUT2D eigenvalue weighted by Crippen LogP contribution is -2.30. The minimum Gasteiger partial charge on any atom is -0.328 e. The number of hydrogen-bond donors (Lipinski definition) is 1. The van der Waals surface area contributed by atoms with Crippen LogP contribution in [0.15, 0.2) is 53.4 Å². The quantitative estimate of drug-likeness (QED) is 0.564. The van der Waals surface area contributed by atoms with Crippen molar-refractivity contribution in [3.63, 3.8) is 0 Å². The molecule has 30 heavy (non-hydrogen) atoms. The molecule has 0 unspecified atom stereocenters. The van der Waals surface area contributed by atoms with E-state index >= 15 is 0 Å². The summed E-state index contributed by atoms with van der Waals surface area (Å²) in [4.78, 5) is 17.2. The van der Waals surface area contributed by atoms with Gasteiger partial charge in [-0.15, -0.1) is 0 Å². The number of carbonyl (C=O) groups excluding carboxylic acids is 1. The molecule has 7 nitrogen and oxygen atoms in total. The fourth-order valence-electron chi connectivity index (χ4n) is 3.55. The number of benzene rings is 2. The van der Waals surface area contributed by atoms with Crippen LogP contribution >= 0.6 is 0 Å². The summed E-state index contributed by atoms with van der Waals surface area (Å²) in [5.74, 6) is 0.689. The molecule has 0 radical (unpaired) electrons. The molecule has 1 N–H and O–H groups in total. The third-order valence-electron chi connectivity index (χ3n) is 5.09. The largest absolute Gasteiger partial charge is 0.328 e. The van der Waals surface area contributed by atoms with E-state index in [-0.39, 0.29) is 10.8 Å². The zero-order valence-electron chi connectivity index (χ0n) is 17.6. The number of amides is 1. The zero-order valence-corrected chi connectivity index (χ0v) is 18.4. The summed E-state index contributed by atoms with van der Waals surface area (Å²) < 4.78 is 29.1. The smallest absolute Gasteiger partial charge is 0.243 e. The molecule has 2 aromatic carbocycles. The van der Waals surface area contributed by atoms with E-state index in [0.717, 1.165) is 17.0 Å². The standard InChI is InChI=1S/C22H28N4O3S/c1-4-25(5-2)30(28,29)18-12-13-20-19(16-18)24-21(26(20)6-3)14-15-22(27)23-17-10-8-7-9-11-17/h7-13,16H,4-6,14-15H2,1-3H3,(H,23,27). The highest BCUT2D eigenvalue weighted by atomic mass is 32.2. The molecule has 0 saturated heterocycles. The van der Waals surface area contributed by atoms with Crippen LogP contribution in [0.2, 0.25) is 0 Å². The van der Waals surface area contributed by atoms with Crippen molar-refractivity contribution in [2.45, 2.75) is 45.1 Å². The Kier molecular flexibility index (Phi) is 6.89. The number of hydrogen-bond acceptors (Lipinski definition) is 4. The van der Waals surface area contributed by atoms with Crippen molar-refractivity contribution in [2.24, 2.45) is 0 Å². The summed E-state index contributed by atoms with van der Waals surface area (Å²) >= 11 is 0. The van der Waals surface area contributed by atoms with Crippen LogP contribution in [-0.4, -0.2) is 41.3 Å². The van der Waals surface area contributed by atoms with Crippen LogP contribution in [0.4, 0.5) is 5.69 Å². The first-order chi connectivity index (χ1) is 14.4. The monoisotopic (exact) mass is 428 g/mol. The molecule has 0 spiro atoms. The van der Waals surface area contributed by atoms with Gasteiger partial charge in [0.1, 0.15) is 5.82 Å². The molecule has 1 heterocycles. The summed E-state index contributed by atoms with van der Waals surface area (Å²) in [7, 11) is -3.54. The van der Waals surface area contributed by atoms with Gasteiger partial charge in [0.05, 0.1) is 15.9 Å². The molecule has 1 aromatic heterocycles. The number of anilines is 1. The van der Waals surface area contributed by atoms with E-state index in [9.17, 15) is 13.2 Å². The van der Waals surface area contributed by atoms with Crippen molar-refractivity contribution in [1.29, 1.82) is 0 Å². The Bertz CT molecular complexity index is 1120. The Morgan fingerprint density at radius 3 is 2.40 bits per heavy atom. The average Bonchev–Trinajstić information content (AvgIpc) is 3.10. The number of carbonyl (C=O) groups is 1. The van der Waals surface area contributed by atoms with Crippen LogP contribution in [0.5, 0.6) is 0 Å². The molecule has 0 aliphatic carbocycles. The summed E-state index contributed by atoms with van der Waals surface area (Å²) in [5, 5.41) is 2.88. The van der Waals surface area contributed by atoms with Crippen molar-refractivity contribution in [2.75, 3.05) is 18.4 Å². The number of nitrogens with zero attached hydrogens (tertiary/aromatic N) is 3. The van der Waals surface area contributed by atoms with Crippen LogP contribution in [0.1, 0.15) is 33.0 Å². The molecule has 0 aliphatic heterocycles. The van der Waals surface area contributed by atoms with E-state index in [1.807, 2.05) is 55.7 Å². The van der Waals surface area contributed by atoms with Gasteiger partial charge >= 0.3 is 0 Å². The zero-order chi connectivity index (χ0) is 21.7. The van der Waals surface area contributed by atoms with E-state index in [1.165, 1.54) is 4.31 Å². The molecule has 3 rings (SSSR count). The second-order valence-corrected chi connectivity index (χ2v) is 8.86. The maximum Gasteiger partial charge on any atom is 0.243 e. The van der Waals surface area contributed by atoms with Crippen LogP contribution in [-0.2, 0) is 27.8 Å². The first-order valence-electron chi connectivity index (χ1n) is 10.2. The summed E-state index contributed by atoms with van der Waals surface area (Å²) in [6.45, 7) is 7.18. The van der Waals surface area contributed by atoms with Gasteiger partial charge in [0.2, 0.25) is 15.9 Å². The van der Waals surface area contributed by atoms with E-state index in [4.69, 9.17) is 0 Å². The molecule has 0 fully saturated rings. The van der Waals surface area contributed by atoms with Crippen LogP contribution in [0, 0.1) is 0 Å². The molecule has 3 aromatic rings. The minimum atomic E-state index is -3.54. The number of aromatic nitrogens is 2. The van der Waals surface area contributed by atoms with Gasteiger partial charge in [-0.05, 0) is 37.3 Å². The van der Waals surface area contributed by atoms with Crippen LogP contribution in [0.25, 0.3) is 11.0 Å². The highest BCUT2D eigenvalue weighted by molar-refractivity contribution is 7.89. The molecule has 160 valence electrons. The van der Waals surface area contributed by atoms with Crippen LogP contribution < -0.4 is 5.32 Å². The van der Waals surface area contributed by atoms with E-state index in [0.29, 0.717) is 38.0 Å². The molecule has 0 saturated carbocycles. The molecule has 0 atom stereocenters. The summed E-state index contributed by atoms with van der Waals surface area (Å²) in [5.41, 5.74) is 2.26. The third kappa shape index (κ3) is 4.55. The van der Waals surface area contributed by atoms with Gasteiger partial charge in [-0.25, -0.2) is 13.4 Å². The Hall–Kier alpha value is -2.71. The van der Waals surface area contributed by atoms with Gasteiger partial charge in [0.15, 0.2) is 0 Å². The van der Waals surface area contributed by atoms with E-state index in [2.05, 4.69) is 10.3 Å². The summed E-state index contributed by atoms with van der Waals surface area (Å²) in [6.07, 6.45) is 0.766. The van der Waals surface area contributed by atoms with E-state index < -0.39 is 10.0 Å². The normalized spacial score (nSPS) is 11.9. The van der Waals surface area contributed by atoms with Gasteiger partial charge in [0.25, 0.3) is 0 Å². The number of para-hydroxylation sites is 1. The SMILES string of the molecule is CCN(CC)S(=O)(=O)c1ccc2c(c1)nc(CCC(=O)Nc1ccccc1)n2CC. The second-order valence-electron chi connectivity index (χ2n) is 6.93. The average molecular weight is 429 g/mol. The lowest BCUT2D eigenvalue weighted by atomic mass is 10.2. The Morgan fingerprint density at radius 1 is 1.07 bits per heavy atom. The molecular formula is C22H28N4O3S. The number of fused-ring (bicyclic) bond motifs is 1. The number of nitrogens with one attached hydrogen (secondary N) is 1. The maximum atomic E-state index is 12.8. The van der Waals surface area contributed by atoms with Gasteiger partial charge in [-0.3, -0.25) is 4.79 Å². The first-order valence-corrected chi connectivity index (χ1v) is 11.7. The summed E-state index contributed by atoms with van der Waals surface area (Å²) in [6, 6.07) is 14.4. The van der Waals surface area contributed by atoms with Crippen molar-refractivity contribution in [3.05, 3.63) is 54.4 Å².